The zero-order chi connectivity index (χ0) is 17.1. The third-order valence-electron chi connectivity index (χ3n) is 4.99. The summed E-state index contributed by atoms with van der Waals surface area (Å²) in [5.74, 6) is 0.897. The van der Waals surface area contributed by atoms with Gasteiger partial charge in [0.1, 0.15) is 16.9 Å². The third-order valence-corrected chi connectivity index (χ3v) is 6.36. The minimum Gasteiger partial charge on any atom is -0.461 e. The molecule has 1 aliphatic rings. The molecule has 0 bridgehead atoms. The van der Waals surface area contributed by atoms with E-state index in [0.717, 1.165) is 44.6 Å². The van der Waals surface area contributed by atoms with Crippen molar-refractivity contribution in [1.82, 2.24) is 4.98 Å². The van der Waals surface area contributed by atoms with Crippen LogP contribution in [0.3, 0.4) is 0 Å². The fourth-order valence-corrected chi connectivity index (χ4v) is 4.84. The van der Waals surface area contributed by atoms with E-state index in [9.17, 15) is 4.79 Å². The molecule has 0 saturated heterocycles. The normalized spacial score (nSPS) is 16.6. The average Bonchev–Trinajstić information content (AvgIpc) is 3.18. The summed E-state index contributed by atoms with van der Waals surface area (Å²) in [7, 11) is 0. The number of fused-ring (bicyclic) bond motifs is 4. The molecule has 0 N–H and O–H groups in total. The highest BCUT2D eigenvalue weighted by molar-refractivity contribution is 7.99. The fraction of sp³-hybridized carbons (Fsp3) is 0.200. The molecule has 5 rings (SSSR count). The lowest BCUT2D eigenvalue weighted by Crippen LogP contribution is -2.02. The lowest BCUT2D eigenvalue weighted by molar-refractivity contribution is 0.539. The van der Waals surface area contributed by atoms with Crippen molar-refractivity contribution in [2.24, 2.45) is 0 Å². The number of pyridine rings is 1. The Morgan fingerprint density at radius 3 is 2.64 bits per heavy atom. The first kappa shape index (κ1) is 14.8. The topological polar surface area (TPSA) is 56.2 Å². The van der Waals surface area contributed by atoms with Crippen molar-refractivity contribution >= 4 is 33.7 Å². The van der Waals surface area contributed by atoms with Crippen molar-refractivity contribution in [3.63, 3.8) is 0 Å². The number of aromatic nitrogens is 1. The van der Waals surface area contributed by atoms with Crippen molar-refractivity contribution in [2.45, 2.75) is 30.4 Å². The van der Waals surface area contributed by atoms with Crippen LogP contribution < -0.4 is 5.63 Å². The first-order valence-electron chi connectivity index (χ1n) is 8.18. The van der Waals surface area contributed by atoms with Crippen LogP contribution in [0.25, 0.3) is 21.9 Å². The number of rotatable bonds is 1. The number of benzene rings is 1. The van der Waals surface area contributed by atoms with E-state index < -0.39 is 0 Å². The zero-order valence-electron chi connectivity index (χ0n) is 13.8. The van der Waals surface area contributed by atoms with E-state index in [2.05, 4.69) is 18.0 Å². The Bertz CT molecular complexity index is 1190. The van der Waals surface area contributed by atoms with Crippen molar-refractivity contribution in [1.29, 1.82) is 0 Å². The number of hydrogen-bond donors (Lipinski definition) is 0. The van der Waals surface area contributed by atoms with Gasteiger partial charge >= 0.3 is 5.63 Å². The van der Waals surface area contributed by atoms with Crippen LogP contribution in [0.4, 0.5) is 0 Å². The summed E-state index contributed by atoms with van der Waals surface area (Å²) in [6.45, 7) is 4.01. The standard InChI is InChI=1S/C20H15NO3S/c1-10-11(2)23-16-9-17-14(7-13(10)16)15-8-18(12-3-5-21-6-4-12)25-19(15)20(22)24-17/h3-7,9,18H,8H2,1-2H3. The van der Waals surface area contributed by atoms with Gasteiger partial charge in [-0.2, -0.15) is 0 Å². The van der Waals surface area contributed by atoms with Crippen LogP contribution in [0.15, 0.2) is 55.2 Å². The van der Waals surface area contributed by atoms with Crippen molar-refractivity contribution < 1.29 is 8.83 Å². The second-order valence-corrected chi connectivity index (χ2v) is 7.63. The van der Waals surface area contributed by atoms with Crippen molar-refractivity contribution in [2.75, 3.05) is 0 Å². The monoisotopic (exact) mass is 349 g/mol. The molecular formula is C20H15NO3S. The number of hydrogen-bond acceptors (Lipinski definition) is 5. The minimum atomic E-state index is -0.261. The Hall–Kier alpha value is -2.53. The highest BCUT2D eigenvalue weighted by Gasteiger charge is 2.29. The van der Waals surface area contributed by atoms with E-state index in [-0.39, 0.29) is 10.9 Å². The first-order chi connectivity index (χ1) is 12.1. The van der Waals surface area contributed by atoms with Crippen LogP contribution in [-0.4, -0.2) is 4.98 Å². The van der Waals surface area contributed by atoms with E-state index in [4.69, 9.17) is 8.83 Å². The van der Waals surface area contributed by atoms with Gasteiger partial charge in [0.15, 0.2) is 0 Å². The molecule has 4 nitrogen and oxygen atoms in total. The Kier molecular flexibility index (Phi) is 3.09. The van der Waals surface area contributed by atoms with Crippen LogP contribution in [-0.2, 0) is 6.42 Å². The molecule has 0 fully saturated rings. The molecule has 5 heteroatoms. The second kappa shape index (κ2) is 5.23. The van der Waals surface area contributed by atoms with Gasteiger partial charge in [-0.3, -0.25) is 4.98 Å². The summed E-state index contributed by atoms with van der Waals surface area (Å²) in [5.41, 5.74) is 4.50. The quantitative estimate of drug-likeness (QED) is 0.456. The predicted molar refractivity (Wildman–Crippen MR) is 98.3 cm³/mol. The average molecular weight is 349 g/mol. The fourth-order valence-electron chi connectivity index (χ4n) is 3.54. The largest absolute Gasteiger partial charge is 0.461 e. The van der Waals surface area contributed by atoms with Crippen LogP contribution in [0, 0.1) is 13.8 Å². The first-order valence-corrected chi connectivity index (χ1v) is 9.06. The van der Waals surface area contributed by atoms with E-state index in [1.54, 1.807) is 24.2 Å². The van der Waals surface area contributed by atoms with Crippen LogP contribution >= 0.6 is 11.8 Å². The van der Waals surface area contributed by atoms with Crippen LogP contribution in [0.1, 0.15) is 27.7 Å². The summed E-state index contributed by atoms with van der Waals surface area (Å²) in [5, 5.41) is 2.31. The Balaban J connectivity index is 1.74. The zero-order valence-corrected chi connectivity index (χ0v) is 14.6. The lowest BCUT2D eigenvalue weighted by atomic mass is 10.0. The maximum atomic E-state index is 12.5. The highest BCUT2D eigenvalue weighted by atomic mass is 32.2. The minimum absolute atomic E-state index is 0.217. The Labute approximate surface area is 147 Å². The van der Waals surface area contributed by atoms with Gasteiger partial charge in [-0.15, -0.1) is 11.8 Å². The summed E-state index contributed by atoms with van der Waals surface area (Å²) in [6.07, 6.45) is 4.40. The van der Waals surface area contributed by atoms with Gasteiger partial charge in [-0.1, -0.05) is 0 Å². The van der Waals surface area contributed by atoms with Crippen molar-refractivity contribution in [3.05, 3.63) is 69.5 Å². The molecule has 25 heavy (non-hydrogen) atoms. The molecule has 0 radical (unpaired) electrons. The van der Waals surface area contributed by atoms with Gasteiger partial charge in [0.2, 0.25) is 0 Å². The highest BCUT2D eigenvalue weighted by Crippen LogP contribution is 2.47. The Morgan fingerprint density at radius 1 is 1.08 bits per heavy atom. The number of nitrogens with zero attached hydrogens (tertiary/aromatic N) is 1. The number of thioether (sulfide) groups is 1. The van der Waals surface area contributed by atoms with Gasteiger partial charge in [0.25, 0.3) is 0 Å². The molecule has 1 aromatic carbocycles. The molecule has 0 amide bonds. The SMILES string of the molecule is Cc1oc2cc3oc(=O)c4c(c3cc2c1C)CC(c1ccncc1)S4. The van der Waals surface area contributed by atoms with E-state index in [0.29, 0.717) is 5.58 Å². The molecule has 0 spiro atoms. The maximum Gasteiger partial charge on any atom is 0.350 e. The van der Waals surface area contributed by atoms with Gasteiger partial charge < -0.3 is 8.83 Å². The summed E-state index contributed by atoms with van der Waals surface area (Å²) >= 11 is 1.59. The third kappa shape index (κ3) is 2.15. The molecule has 0 saturated carbocycles. The lowest BCUT2D eigenvalue weighted by Gasteiger charge is -2.07. The summed E-state index contributed by atoms with van der Waals surface area (Å²) in [6, 6.07) is 7.97. The van der Waals surface area contributed by atoms with Gasteiger partial charge in [0.05, 0.1) is 4.90 Å². The van der Waals surface area contributed by atoms with E-state index in [1.807, 2.05) is 25.1 Å². The molecule has 1 unspecified atom stereocenters. The maximum absolute atomic E-state index is 12.5. The molecule has 1 aliphatic heterocycles. The van der Waals surface area contributed by atoms with E-state index in [1.165, 1.54) is 5.56 Å². The number of furan rings is 1. The van der Waals surface area contributed by atoms with Gasteiger partial charge in [-0.05, 0) is 55.2 Å². The molecule has 124 valence electrons. The second-order valence-electron chi connectivity index (χ2n) is 6.42. The van der Waals surface area contributed by atoms with Crippen LogP contribution in [0.5, 0.6) is 0 Å². The molecule has 4 aromatic rings. The molecule has 0 aliphatic carbocycles. The smallest absolute Gasteiger partial charge is 0.350 e. The van der Waals surface area contributed by atoms with Crippen LogP contribution in [0.2, 0.25) is 0 Å². The van der Waals surface area contributed by atoms with Gasteiger partial charge in [-0.25, -0.2) is 4.79 Å². The molecule has 3 aromatic heterocycles. The van der Waals surface area contributed by atoms with Gasteiger partial charge in [0, 0.05) is 34.5 Å². The van der Waals surface area contributed by atoms with Crippen molar-refractivity contribution in [3.8, 4) is 0 Å². The summed E-state index contributed by atoms with van der Waals surface area (Å²) in [4.78, 5) is 17.3. The molecule has 4 heterocycles. The predicted octanol–water partition coefficient (Wildman–Crippen LogP) is 4.94. The van der Waals surface area contributed by atoms with E-state index >= 15 is 0 Å². The molecular weight excluding hydrogens is 334 g/mol. The number of aryl methyl sites for hydroxylation is 2. The Morgan fingerprint density at radius 2 is 1.84 bits per heavy atom. The molecule has 1 atom stereocenters. The summed E-state index contributed by atoms with van der Waals surface area (Å²) < 4.78 is 11.4.